The minimum absolute atomic E-state index is 0.161. The van der Waals surface area contributed by atoms with Gasteiger partial charge in [-0.15, -0.1) is 0 Å². The van der Waals surface area contributed by atoms with Gasteiger partial charge in [-0.05, 0) is 58.0 Å². The number of halogens is 1. The van der Waals surface area contributed by atoms with Crippen LogP contribution >= 0.6 is 0 Å². The molecule has 136 valence electrons. The van der Waals surface area contributed by atoms with E-state index in [1.807, 2.05) is 31.2 Å². The second kappa shape index (κ2) is 7.92. The van der Waals surface area contributed by atoms with E-state index in [0.717, 1.165) is 23.3 Å². The molecule has 26 heavy (non-hydrogen) atoms. The second-order valence-electron chi connectivity index (χ2n) is 6.92. The molecule has 0 saturated heterocycles. The van der Waals surface area contributed by atoms with Crippen molar-refractivity contribution in [3.8, 4) is 17.6 Å². The van der Waals surface area contributed by atoms with Crippen LogP contribution in [0.3, 0.4) is 0 Å². The zero-order chi connectivity index (χ0) is 19.3. The van der Waals surface area contributed by atoms with Gasteiger partial charge in [0.05, 0.1) is 0 Å². The Morgan fingerprint density at radius 3 is 2.46 bits per heavy atom. The molecule has 2 aromatic carbocycles. The van der Waals surface area contributed by atoms with Gasteiger partial charge in [0, 0.05) is 11.1 Å². The number of hydrogen-bond acceptors (Lipinski definition) is 3. The van der Waals surface area contributed by atoms with Gasteiger partial charge in [0.2, 0.25) is 0 Å². The molecule has 0 aliphatic heterocycles. The molecule has 1 amide bonds. The van der Waals surface area contributed by atoms with Gasteiger partial charge in [0.25, 0.3) is 0 Å². The molecule has 0 radical (unpaired) electrons. The Hall–Kier alpha value is -3.00. The lowest BCUT2D eigenvalue weighted by atomic mass is 10.0. The Kier molecular flexibility index (Phi) is 5.89. The highest BCUT2D eigenvalue weighted by atomic mass is 19.1. The fourth-order valence-electron chi connectivity index (χ4n) is 2.17. The minimum Gasteiger partial charge on any atom is -0.508 e. The normalized spacial score (nSPS) is 11.9. The topological polar surface area (TPSA) is 58.6 Å². The van der Waals surface area contributed by atoms with Crippen LogP contribution in [0.25, 0.3) is 0 Å². The number of carbonyl (C=O) groups excluding carboxylic acids is 1. The largest absolute Gasteiger partial charge is 0.508 e. The van der Waals surface area contributed by atoms with E-state index in [0.29, 0.717) is 0 Å². The number of phenols is 1. The maximum atomic E-state index is 13.6. The molecule has 0 fully saturated rings. The Labute approximate surface area is 153 Å². The molecule has 0 spiro atoms. The van der Waals surface area contributed by atoms with Crippen molar-refractivity contribution in [2.45, 2.75) is 39.3 Å². The van der Waals surface area contributed by atoms with E-state index in [-0.39, 0.29) is 11.3 Å². The van der Waals surface area contributed by atoms with Gasteiger partial charge in [-0.25, -0.2) is 9.18 Å². The van der Waals surface area contributed by atoms with Gasteiger partial charge in [-0.2, -0.15) is 0 Å². The number of amides is 1. The second-order valence-corrected chi connectivity index (χ2v) is 6.92. The Bertz CT molecular complexity index is 842. The lowest BCUT2D eigenvalue weighted by molar-refractivity contribution is 0.0515. The number of phenolic OH excluding ortho intramolecular Hbond substituents is 1. The van der Waals surface area contributed by atoms with Gasteiger partial charge in [-0.1, -0.05) is 29.5 Å². The molecule has 0 aromatic heterocycles. The lowest BCUT2D eigenvalue weighted by Gasteiger charge is -2.22. The Morgan fingerprint density at radius 2 is 1.85 bits per heavy atom. The first-order valence-electron chi connectivity index (χ1n) is 8.20. The van der Waals surface area contributed by atoms with E-state index >= 15 is 0 Å². The van der Waals surface area contributed by atoms with Crippen LogP contribution in [0, 0.1) is 24.6 Å². The Balaban J connectivity index is 2.34. The highest BCUT2D eigenvalue weighted by Gasteiger charge is 2.21. The highest BCUT2D eigenvalue weighted by molar-refractivity contribution is 5.69. The van der Waals surface area contributed by atoms with Crippen molar-refractivity contribution in [3.05, 3.63) is 65.0 Å². The summed E-state index contributed by atoms with van der Waals surface area (Å²) in [5.74, 6) is 5.10. The van der Waals surface area contributed by atoms with Crippen molar-refractivity contribution < 1.29 is 19.0 Å². The number of carbonyl (C=O) groups is 1. The summed E-state index contributed by atoms with van der Waals surface area (Å²) in [6, 6.07) is 10.1. The maximum Gasteiger partial charge on any atom is 0.408 e. The minimum atomic E-state index is -0.929. The number of hydrogen-bond donors (Lipinski definition) is 2. The summed E-state index contributed by atoms with van der Waals surface area (Å²) in [7, 11) is 0. The number of rotatable bonds is 2. The van der Waals surface area contributed by atoms with E-state index in [4.69, 9.17) is 4.74 Å². The first-order valence-corrected chi connectivity index (χ1v) is 8.20. The summed E-state index contributed by atoms with van der Waals surface area (Å²) in [5.41, 5.74) is 1.31. The van der Waals surface area contributed by atoms with Crippen LogP contribution in [-0.4, -0.2) is 16.8 Å². The van der Waals surface area contributed by atoms with Crippen LogP contribution in [0.5, 0.6) is 5.75 Å². The highest BCUT2D eigenvalue weighted by Crippen LogP contribution is 2.25. The molecule has 0 saturated carbocycles. The lowest BCUT2D eigenvalue weighted by Crippen LogP contribution is -2.34. The molecule has 4 nitrogen and oxygen atoms in total. The third-order valence-electron chi connectivity index (χ3n) is 3.37. The summed E-state index contributed by atoms with van der Waals surface area (Å²) in [6.45, 7) is 7.17. The molecule has 2 rings (SSSR count). The number of alkyl carbamates (subject to hydrolysis) is 1. The van der Waals surface area contributed by atoms with Crippen molar-refractivity contribution >= 4 is 6.09 Å². The van der Waals surface area contributed by atoms with Gasteiger partial charge in [0.15, 0.2) is 0 Å². The van der Waals surface area contributed by atoms with Crippen LogP contribution in [0.2, 0.25) is 0 Å². The van der Waals surface area contributed by atoms with Crippen LogP contribution in [-0.2, 0) is 4.74 Å². The number of benzene rings is 2. The number of aromatic hydroxyl groups is 1. The fraction of sp³-hybridized carbons (Fsp3) is 0.286. The molecule has 2 aromatic rings. The summed E-state index contributed by atoms with van der Waals surface area (Å²) in [5, 5.41) is 12.6. The molecule has 0 heterocycles. The van der Waals surface area contributed by atoms with Crippen LogP contribution in [0.1, 0.15) is 43.5 Å². The predicted octanol–water partition coefficient (Wildman–Crippen LogP) is 4.46. The molecule has 2 N–H and O–H groups in total. The van der Waals surface area contributed by atoms with E-state index in [1.54, 1.807) is 20.8 Å². The van der Waals surface area contributed by atoms with Gasteiger partial charge in [-0.3, -0.25) is 0 Å². The Morgan fingerprint density at radius 1 is 1.19 bits per heavy atom. The first kappa shape index (κ1) is 19.3. The van der Waals surface area contributed by atoms with E-state index in [1.165, 1.54) is 6.07 Å². The fourth-order valence-corrected chi connectivity index (χ4v) is 2.17. The molecule has 0 aliphatic carbocycles. The van der Waals surface area contributed by atoms with Crippen molar-refractivity contribution in [2.24, 2.45) is 0 Å². The average molecular weight is 355 g/mol. The van der Waals surface area contributed by atoms with E-state index in [2.05, 4.69) is 17.2 Å². The first-order chi connectivity index (χ1) is 12.1. The molecular weight excluding hydrogens is 333 g/mol. The summed E-state index contributed by atoms with van der Waals surface area (Å²) < 4.78 is 18.9. The van der Waals surface area contributed by atoms with Crippen LogP contribution < -0.4 is 5.32 Å². The standard InChI is InChI=1S/C21H22FNO3/c1-14-5-7-15(8-6-14)9-11-18(23-20(25)26-21(2,3)4)17-13-16(22)10-12-19(17)24/h5-8,10,12-13,18,24H,1-4H3,(H,23,25)/t18-/m1/s1. The molecule has 0 aliphatic rings. The smallest absolute Gasteiger partial charge is 0.408 e. The van der Waals surface area contributed by atoms with Crippen LogP contribution in [0.15, 0.2) is 42.5 Å². The summed E-state index contributed by atoms with van der Waals surface area (Å²) >= 11 is 0. The third-order valence-corrected chi connectivity index (χ3v) is 3.37. The van der Waals surface area contributed by atoms with Gasteiger partial charge >= 0.3 is 6.09 Å². The predicted molar refractivity (Wildman–Crippen MR) is 98.2 cm³/mol. The summed E-state index contributed by atoms with van der Waals surface area (Å²) in [6.07, 6.45) is -0.704. The molecular formula is C21H22FNO3. The third kappa shape index (κ3) is 5.82. The molecule has 1 atom stereocenters. The van der Waals surface area contributed by atoms with Crippen molar-refractivity contribution in [1.82, 2.24) is 5.32 Å². The summed E-state index contributed by atoms with van der Waals surface area (Å²) in [4.78, 5) is 12.1. The zero-order valence-corrected chi connectivity index (χ0v) is 15.3. The van der Waals surface area contributed by atoms with Gasteiger partial charge in [0.1, 0.15) is 23.2 Å². The van der Waals surface area contributed by atoms with E-state index in [9.17, 15) is 14.3 Å². The zero-order valence-electron chi connectivity index (χ0n) is 15.3. The van der Waals surface area contributed by atoms with Crippen molar-refractivity contribution in [1.29, 1.82) is 0 Å². The molecule has 5 heteroatoms. The maximum absolute atomic E-state index is 13.6. The van der Waals surface area contributed by atoms with E-state index < -0.39 is 23.6 Å². The van der Waals surface area contributed by atoms with Gasteiger partial charge < -0.3 is 15.2 Å². The number of nitrogens with one attached hydrogen (secondary N) is 1. The molecule has 0 bridgehead atoms. The average Bonchev–Trinajstić information content (AvgIpc) is 2.53. The van der Waals surface area contributed by atoms with Crippen LogP contribution in [0.4, 0.5) is 9.18 Å². The number of aryl methyl sites for hydroxylation is 1. The molecule has 0 unspecified atom stereocenters. The number of ether oxygens (including phenoxy) is 1. The van der Waals surface area contributed by atoms with Crippen molar-refractivity contribution in [2.75, 3.05) is 0 Å². The monoisotopic (exact) mass is 355 g/mol. The SMILES string of the molecule is Cc1ccc(C#C[C@@H](NC(=O)OC(C)(C)C)c2cc(F)ccc2O)cc1. The van der Waals surface area contributed by atoms with Crippen molar-refractivity contribution in [3.63, 3.8) is 0 Å². The quantitative estimate of drug-likeness (QED) is 0.782.